The van der Waals surface area contributed by atoms with Gasteiger partial charge in [-0.05, 0) is 43.0 Å². The van der Waals surface area contributed by atoms with E-state index in [1.807, 2.05) is 54.3 Å². The van der Waals surface area contributed by atoms with Crippen molar-refractivity contribution in [2.24, 2.45) is 4.99 Å². The van der Waals surface area contributed by atoms with Crippen LogP contribution in [0.15, 0.2) is 59.6 Å². The predicted octanol–water partition coefficient (Wildman–Crippen LogP) is 2.85. The van der Waals surface area contributed by atoms with E-state index in [4.69, 9.17) is 0 Å². The van der Waals surface area contributed by atoms with Crippen LogP contribution in [-0.2, 0) is 22.6 Å². The van der Waals surface area contributed by atoms with Crippen LogP contribution in [0.4, 0.5) is 5.69 Å². The van der Waals surface area contributed by atoms with Crippen LogP contribution in [0.25, 0.3) is 0 Å². The largest absolute Gasteiger partial charge is 0.357 e. The molecule has 0 spiro atoms. The lowest BCUT2D eigenvalue weighted by Crippen LogP contribution is -2.43. The van der Waals surface area contributed by atoms with Gasteiger partial charge in [0.25, 0.3) is 0 Å². The van der Waals surface area contributed by atoms with E-state index in [1.54, 1.807) is 0 Å². The quantitative estimate of drug-likeness (QED) is 0.255. The number of aliphatic imine (C=N–C) groups is 1. The van der Waals surface area contributed by atoms with Crippen LogP contribution < -0.4 is 20.9 Å². The third kappa shape index (κ3) is 8.14. The summed E-state index contributed by atoms with van der Waals surface area (Å²) < 4.78 is 0. The van der Waals surface area contributed by atoms with Crippen molar-refractivity contribution in [1.29, 1.82) is 0 Å². The van der Waals surface area contributed by atoms with Crippen molar-refractivity contribution >= 4 is 47.4 Å². The van der Waals surface area contributed by atoms with Gasteiger partial charge in [-0.3, -0.25) is 9.59 Å². The third-order valence-electron chi connectivity index (χ3n) is 5.08. The second-order valence-electron chi connectivity index (χ2n) is 7.45. The SMILES string of the molecule is CCNC(=NCc1ccc(N2CCCC2=O)cc1)NCC(=O)NCCc1ccccc1.I. The molecule has 2 aromatic carbocycles. The van der Waals surface area contributed by atoms with Crippen molar-refractivity contribution in [3.05, 3.63) is 65.7 Å². The lowest BCUT2D eigenvalue weighted by Gasteiger charge is -2.16. The topological polar surface area (TPSA) is 85.8 Å². The van der Waals surface area contributed by atoms with Gasteiger partial charge in [0.1, 0.15) is 0 Å². The van der Waals surface area contributed by atoms with E-state index in [-0.39, 0.29) is 42.3 Å². The first-order valence-electron chi connectivity index (χ1n) is 10.9. The summed E-state index contributed by atoms with van der Waals surface area (Å²) in [6.07, 6.45) is 2.35. The Bertz CT molecular complexity index is 887. The number of rotatable bonds is 9. The summed E-state index contributed by atoms with van der Waals surface area (Å²) in [5.74, 6) is 0.715. The molecule has 7 nitrogen and oxygen atoms in total. The van der Waals surface area contributed by atoms with Crippen LogP contribution in [0.5, 0.6) is 0 Å². The summed E-state index contributed by atoms with van der Waals surface area (Å²) >= 11 is 0. The minimum absolute atomic E-state index is 0. The molecule has 3 rings (SSSR count). The van der Waals surface area contributed by atoms with Crippen molar-refractivity contribution in [2.75, 3.05) is 31.1 Å². The lowest BCUT2D eigenvalue weighted by molar-refractivity contribution is -0.120. The van der Waals surface area contributed by atoms with Crippen LogP contribution in [0, 0.1) is 0 Å². The van der Waals surface area contributed by atoms with Gasteiger partial charge in [-0.25, -0.2) is 4.99 Å². The van der Waals surface area contributed by atoms with Crippen molar-refractivity contribution in [3.63, 3.8) is 0 Å². The molecule has 172 valence electrons. The van der Waals surface area contributed by atoms with E-state index in [2.05, 4.69) is 33.1 Å². The average Bonchev–Trinajstić information content (AvgIpc) is 3.22. The molecule has 1 aliphatic rings. The number of nitrogens with zero attached hydrogens (tertiary/aromatic N) is 2. The van der Waals surface area contributed by atoms with E-state index in [9.17, 15) is 9.59 Å². The molecular formula is C24H32IN5O2. The number of hydrogen-bond donors (Lipinski definition) is 3. The van der Waals surface area contributed by atoms with Crippen LogP contribution in [0.1, 0.15) is 30.9 Å². The molecule has 8 heteroatoms. The van der Waals surface area contributed by atoms with Crippen molar-refractivity contribution < 1.29 is 9.59 Å². The smallest absolute Gasteiger partial charge is 0.239 e. The molecule has 0 aliphatic carbocycles. The van der Waals surface area contributed by atoms with Gasteiger partial charge in [-0.15, -0.1) is 24.0 Å². The molecule has 0 saturated carbocycles. The number of hydrogen-bond acceptors (Lipinski definition) is 3. The summed E-state index contributed by atoms with van der Waals surface area (Å²) in [5.41, 5.74) is 3.18. The average molecular weight is 549 g/mol. The zero-order chi connectivity index (χ0) is 21.9. The highest BCUT2D eigenvalue weighted by molar-refractivity contribution is 14.0. The lowest BCUT2D eigenvalue weighted by atomic mass is 10.1. The minimum Gasteiger partial charge on any atom is -0.357 e. The van der Waals surface area contributed by atoms with E-state index in [0.29, 0.717) is 32.0 Å². The summed E-state index contributed by atoms with van der Waals surface area (Å²) in [4.78, 5) is 30.4. The molecule has 0 radical (unpaired) electrons. The van der Waals surface area contributed by atoms with E-state index in [0.717, 1.165) is 30.6 Å². The highest BCUT2D eigenvalue weighted by atomic mass is 127. The molecule has 0 aromatic heterocycles. The molecule has 3 N–H and O–H groups in total. The minimum atomic E-state index is -0.0684. The van der Waals surface area contributed by atoms with Gasteiger partial charge in [0.15, 0.2) is 5.96 Å². The number of amides is 2. The standard InChI is InChI=1S/C24H31N5O2.HI/c1-2-25-24(28-18-22(30)26-15-14-19-7-4-3-5-8-19)27-17-20-10-12-21(13-11-20)29-16-6-9-23(29)31;/h3-5,7-8,10-13H,2,6,9,14-18H2,1H3,(H,26,30)(H2,25,27,28);1H. The number of carbonyl (C=O) groups excluding carboxylic acids is 2. The first-order chi connectivity index (χ1) is 15.2. The van der Waals surface area contributed by atoms with Crippen molar-refractivity contribution in [3.8, 4) is 0 Å². The first-order valence-corrected chi connectivity index (χ1v) is 10.9. The highest BCUT2D eigenvalue weighted by Gasteiger charge is 2.21. The van der Waals surface area contributed by atoms with E-state index >= 15 is 0 Å². The molecule has 2 amide bonds. The molecule has 0 unspecified atom stereocenters. The number of guanidine groups is 1. The maximum absolute atomic E-state index is 12.1. The van der Waals surface area contributed by atoms with Gasteiger partial charge in [0.05, 0.1) is 13.1 Å². The fourth-order valence-corrected chi connectivity index (χ4v) is 3.43. The maximum Gasteiger partial charge on any atom is 0.239 e. The Labute approximate surface area is 207 Å². The zero-order valence-corrected chi connectivity index (χ0v) is 20.8. The maximum atomic E-state index is 12.1. The Morgan fingerprint density at radius 3 is 2.41 bits per heavy atom. The van der Waals surface area contributed by atoms with E-state index < -0.39 is 0 Å². The summed E-state index contributed by atoms with van der Waals surface area (Å²) in [5, 5.41) is 9.16. The second-order valence-corrected chi connectivity index (χ2v) is 7.45. The number of halogens is 1. The van der Waals surface area contributed by atoms with Crippen LogP contribution in [-0.4, -0.2) is 44.0 Å². The number of nitrogens with one attached hydrogen (secondary N) is 3. The van der Waals surface area contributed by atoms with Gasteiger partial charge in [0.2, 0.25) is 11.8 Å². The van der Waals surface area contributed by atoms with Gasteiger partial charge in [-0.1, -0.05) is 42.5 Å². The van der Waals surface area contributed by atoms with Gasteiger partial charge < -0.3 is 20.9 Å². The normalized spacial score (nSPS) is 13.5. The molecule has 1 fully saturated rings. The number of carbonyl (C=O) groups is 2. The summed E-state index contributed by atoms with van der Waals surface area (Å²) in [7, 11) is 0. The monoisotopic (exact) mass is 549 g/mol. The van der Waals surface area contributed by atoms with Crippen LogP contribution in [0.3, 0.4) is 0 Å². The molecule has 1 heterocycles. The predicted molar refractivity (Wildman–Crippen MR) is 139 cm³/mol. The summed E-state index contributed by atoms with van der Waals surface area (Å²) in [6, 6.07) is 18.0. The van der Waals surface area contributed by atoms with Gasteiger partial charge in [-0.2, -0.15) is 0 Å². The molecule has 2 aromatic rings. The Morgan fingerprint density at radius 2 is 1.75 bits per heavy atom. The highest BCUT2D eigenvalue weighted by Crippen LogP contribution is 2.21. The summed E-state index contributed by atoms with van der Waals surface area (Å²) in [6.45, 7) is 4.73. The van der Waals surface area contributed by atoms with Crippen LogP contribution in [0.2, 0.25) is 0 Å². The van der Waals surface area contributed by atoms with Crippen molar-refractivity contribution in [1.82, 2.24) is 16.0 Å². The Morgan fingerprint density at radius 1 is 1.00 bits per heavy atom. The third-order valence-corrected chi connectivity index (χ3v) is 5.08. The number of benzene rings is 2. The fourth-order valence-electron chi connectivity index (χ4n) is 3.43. The number of anilines is 1. The first kappa shape index (κ1) is 25.6. The Hall–Kier alpha value is -2.62. The van der Waals surface area contributed by atoms with Crippen molar-refractivity contribution in [2.45, 2.75) is 32.7 Å². The Balaban J connectivity index is 0.00000363. The Kier molecular flexibility index (Phi) is 11.0. The van der Waals surface area contributed by atoms with E-state index in [1.165, 1.54) is 5.56 Å². The molecule has 1 saturated heterocycles. The van der Waals surface area contributed by atoms with Gasteiger partial charge in [0, 0.05) is 31.7 Å². The molecule has 0 atom stereocenters. The zero-order valence-electron chi connectivity index (χ0n) is 18.5. The fraction of sp³-hybridized carbons (Fsp3) is 0.375. The second kappa shape index (κ2) is 13.7. The van der Waals surface area contributed by atoms with Crippen LogP contribution >= 0.6 is 24.0 Å². The molecule has 1 aliphatic heterocycles. The molecule has 0 bridgehead atoms. The van der Waals surface area contributed by atoms with Gasteiger partial charge >= 0.3 is 0 Å². The molecular weight excluding hydrogens is 517 g/mol. The molecule has 32 heavy (non-hydrogen) atoms.